The van der Waals surface area contributed by atoms with E-state index in [-0.39, 0.29) is 5.75 Å². The van der Waals surface area contributed by atoms with Gasteiger partial charge in [-0.1, -0.05) is 115 Å². The highest BCUT2D eigenvalue weighted by Crippen LogP contribution is 2.43. The smallest absolute Gasteiger partial charge is 0.122 e. The second-order valence-electron chi connectivity index (χ2n) is 8.64. The lowest BCUT2D eigenvalue weighted by molar-refractivity contribution is 0.475. The molecular weight excluding hydrogens is 428 g/mol. The zero-order valence-electron chi connectivity index (χ0n) is 19.1. The third kappa shape index (κ3) is 3.41. The summed E-state index contributed by atoms with van der Waals surface area (Å²) in [7, 11) is 0. The van der Waals surface area contributed by atoms with Gasteiger partial charge in [-0.05, 0) is 40.5 Å². The molecule has 5 aromatic carbocycles. The van der Waals surface area contributed by atoms with Crippen LogP contribution >= 0.6 is 0 Å². The summed E-state index contributed by atoms with van der Waals surface area (Å²) in [6.45, 7) is 0. The molecule has 1 aromatic heterocycles. The van der Waals surface area contributed by atoms with Crippen LogP contribution in [-0.2, 0) is 5.54 Å². The highest BCUT2D eigenvalue weighted by atomic mass is 16.3. The molecule has 0 radical (unpaired) electrons. The van der Waals surface area contributed by atoms with Gasteiger partial charge in [-0.2, -0.15) is 0 Å². The number of nitrogens with zero attached hydrogens (tertiary/aromatic N) is 2. The van der Waals surface area contributed by atoms with Crippen LogP contribution in [0.5, 0.6) is 5.75 Å². The van der Waals surface area contributed by atoms with Gasteiger partial charge in [0.05, 0.1) is 17.4 Å². The normalized spacial score (nSPS) is 11.5. The number of para-hydroxylation sites is 1. The Morgan fingerprint density at radius 1 is 0.543 bits per heavy atom. The molecule has 35 heavy (non-hydrogen) atoms. The number of phenols is 1. The van der Waals surface area contributed by atoms with Crippen molar-refractivity contribution in [3.05, 3.63) is 156 Å². The Labute approximate surface area is 204 Å². The molecule has 6 rings (SSSR count). The Morgan fingerprint density at radius 3 is 1.57 bits per heavy atom. The summed E-state index contributed by atoms with van der Waals surface area (Å²) in [4.78, 5) is 4.96. The number of phenolic OH excluding ortho intramolecular Hbond substituents is 1. The van der Waals surface area contributed by atoms with Crippen LogP contribution in [-0.4, -0.2) is 14.7 Å². The minimum Gasteiger partial charge on any atom is -0.508 e. The first-order chi connectivity index (χ1) is 17.3. The van der Waals surface area contributed by atoms with Crippen molar-refractivity contribution in [2.75, 3.05) is 0 Å². The van der Waals surface area contributed by atoms with Gasteiger partial charge in [0.2, 0.25) is 0 Å². The largest absolute Gasteiger partial charge is 0.508 e. The molecule has 0 saturated heterocycles. The molecule has 0 unspecified atom stereocenters. The topological polar surface area (TPSA) is 38.1 Å². The second kappa shape index (κ2) is 8.62. The molecule has 0 bridgehead atoms. The summed E-state index contributed by atoms with van der Waals surface area (Å²) in [5.74, 6) is 0.253. The SMILES string of the molecule is Oc1ccc(-c2cccc3c2ncn3C(c2ccccc2)(c2ccccc2)c2ccccc2)cc1. The van der Waals surface area contributed by atoms with E-state index in [0.717, 1.165) is 38.9 Å². The van der Waals surface area contributed by atoms with Crippen molar-refractivity contribution in [2.45, 2.75) is 5.54 Å². The van der Waals surface area contributed by atoms with Crippen molar-refractivity contribution in [1.29, 1.82) is 0 Å². The minimum atomic E-state index is -0.619. The molecule has 3 nitrogen and oxygen atoms in total. The number of hydrogen-bond acceptors (Lipinski definition) is 2. The standard InChI is InChI=1S/C32H24N2O/c35-28-21-19-24(20-22-28)29-17-10-18-30-31(29)33-23-34(30)32(25-11-4-1-5-12-25,26-13-6-2-7-14-26)27-15-8-3-9-16-27/h1-23,35H. The predicted molar refractivity (Wildman–Crippen MR) is 141 cm³/mol. The van der Waals surface area contributed by atoms with E-state index in [1.807, 2.05) is 18.5 Å². The monoisotopic (exact) mass is 452 g/mol. The predicted octanol–water partition coefficient (Wildman–Crippen LogP) is 7.25. The van der Waals surface area contributed by atoms with Crippen LogP contribution in [0.3, 0.4) is 0 Å². The van der Waals surface area contributed by atoms with Crippen LogP contribution in [0, 0.1) is 0 Å². The first-order valence-electron chi connectivity index (χ1n) is 11.7. The van der Waals surface area contributed by atoms with Crippen molar-refractivity contribution in [3.8, 4) is 16.9 Å². The third-order valence-corrected chi connectivity index (χ3v) is 6.69. The van der Waals surface area contributed by atoms with E-state index < -0.39 is 5.54 Å². The Morgan fingerprint density at radius 2 is 1.06 bits per heavy atom. The van der Waals surface area contributed by atoms with Crippen LogP contribution in [0.1, 0.15) is 16.7 Å². The van der Waals surface area contributed by atoms with E-state index >= 15 is 0 Å². The molecule has 0 amide bonds. The summed E-state index contributed by atoms with van der Waals surface area (Å²) in [5.41, 5.74) is 6.86. The number of fused-ring (bicyclic) bond motifs is 1. The fourth-order valence-electron chi connectivity index (χ4n) is 5.14. The lowest BCUT2D eigenvalue weighted by Crippen LogP contribution is -2.37. The molecule has 168 valence electrons. The van der Waals surface area contributed by atoms with Gasteiger partial charge in [0.25, 0.3) is 0 Å². The number of aromatic nitrogens is 2. The van der Waals surface area contributed by atoms with E-state index in [9.17, 15) is 5.11 Å². The Bertz CT molecular complexity index is 1480. The Kier molecular flexibility index (Phi) is 5.16. The van der Waals surface area contributed by atoms with Gasteiger partial charge in [-0.15, -0.1) is 0 Å². The third-order valence-electron chi connectivity index (χ3n) is 6.69. The molecule has 1 N–H and O–H groups in total. The van der Waals surface area contributed by atoms with E-state index in [0.29, 0.717) is 0 Å². The second-order valence-corrected chi connectivity index (χ2v) is 8.64. The molecular formula is C32H24N2O. The summed E-state index contributed by atoms with van der Waals surface area (Å²) < 4.78 is 2.30. The number of rotatable bonds is 5. The first kappa shape index (κ1) is 20.9. The lowest BCUT2D eigenvalue weighted by Gasteiger charge is -2.38. The van der Waals surface area contributed by atoms with Crippen molar-refractivity contribution in [1.82, 2.24) is 9.55 Å². The molecule has 0 aliphatic carbocycles. The molecule has 0 aliphatic heterocycles. The highest BCUT2D eigenvalue weighted by Gasteiger charge is 2.39. The molecule has 1 heterocycles. The van der Waals surface area contributed by atoms with Gasteiger partial charge >= 0.3 is 0 Å². The number of imidazole rings is 1. The van der Waals surface area contributed by atoms with Crippen molar-refractivity contribution in [3.63, 3.8) is 0 Å². The molecule has 6 aromatic rings. The van der Waals surface area contributed by atoms with Gasteiger partial charge in [0.1, 0.15) is 11.3 Å². The lowest BCUT2D eigenvalue weighted by atomic mass is 9.76. The fraction of sp³-hybridized carbons (Fsp3) is 0.0312. The number of benzene rings is 5. The molecule has 3 heteroatoms. The van der Waals surface area contributed by atoms with E-state index in [4.69, 9.17) is 4.98 Å². The van der Waals surface area contributed by atoms with Gasteiger partial charge in [0.15, 0.2) is 0 Å². The summed E-state index contributed by atoms with van der Waals surface area (Å²) in [5, 5.41) is 9.79. The Hall–Kier alpha value is -4.63. The maximum atomic E-state index is 9.79. The molecule has 0 atom stereocenters. The fourth-order valence-corrected chi connectivity index (χ4v) is 5.14. The maximum Gasteiger partial charge on any atom is 0.122 e. The van der Waals surface area contributed by atoms with Gasteiger partial charge < -0.3 is 9.67 Å². The van der Waals surface area contributed by atoms with E-state index in [1.165, 1.54) is 0 Å². The quantitative estimate of drug-likeness (QED) is 0.280. The van der Waals surface area contributed by atoms with Crippen LogP contribution in [0.15, 0.2) is 140 Å². The summed E-state index contributed by atoms with van der Waals surface area (Å²) in [6, 6.07) is 45.5. The highest BCUT2D eigenvalue weighted by molar-refractivity contribution is 5.92. The number of aromatic hydroxyl groups is 1. The van der Waals surface area contributed by atoms with Crippen LogP contribution in [0.25, 0.3) is 22.2 Å². The van der Waals surface area contributed by atoms with E-state index in [1.54, 1.807) is 12.1 Å². The molecule has 0 spiro atoms. The van der Waals surface area contributed by atoms with Gasteiger partial charge in [-0.3, -0.25) is 0 Å². The van der Waals surface area contributed by atoms with Gasteiger partial charge in [0, 0.05) is 5.56 Å². The number of hydrogen-bond donors (Lipinski definition) is 1. The van der Waals surface area contributed by atoms with Crippen molar-refractivity contribution < 1.29 is 5.11 Å². The average Bonchev–Trinajstić information content (AvgIpc) is 3.36. The van der Waals surface area contributed by atoms with Gasteiger partial charge in [-0.25, -0.2) is 4.98 Å². The minimum absolute atomic E-state index is 0.253. The summed E-state index contributed by atoms with van der Waals surface area (Å²) >= 11 is 0. The van der Waals surface area contributed by atoms with Crippen LogP contribution in [0.2, 0.25) is 0 Å². The Balaban J connectivity index is 1.71. The van der Waals surface area contributed by atoms with Crippen LogP contribution < -0.4 is 0 Å². The first-order valence-corrected chi connectivity index (χ1v) is 11.7. The molecule has 0 aliphatic rings. The zero-order valence-corrected chi connectivity index (χ0v) is 19.1. The van der Waals surface area contributed by atoms with Crippen LogP contribution in [0.4, 0.5) is 0 Å². The summed E-state index contributed by atoms with van der Waals surface area (Å²) in [6.07, 6.45) is 1.96. The van der Waals surface area contributed by atoms with Crippen molar-refractivity contribution >= 4 is 11.0 Å². The maximum absolute atomic E-state index is 9.79. The zero-order chi connectivity index (χ0) is 23.7. The molecule has 0 fully saturated rings. The van der Waals surface area contributed by atoms with Crippen molar-refractivity contribution in [2.24, 2.45) is 0 Å². The average molecular weight is 453 g/mol. The molecule has 0 saturated carbocycles. The van der Waals surface area contributed by atoms with E-state index in [2.05, 4.69) is 114 Å².